The summed E-state index contributed by atoms with van der Waals surface area (Å²) in [5.74, 6) is 0.274. The van der Waals surface area contributed by atoms with Crippen LogP contribution in [0.3, 0.4) is 0 Å². The average molecular weight is 219 g/mol. The van der Waals surface area contributed by atoms with Gasteiger partial charge >= 0.3 is 0 Å². The molecule has 1 aliphatic rings. The third-order valence-corrected chi connectivity index (χ3v) is 2.95. The minimum atomic E-state index is 0.137. The van der Waals surface area contributed by atoms with Crippen molar-refractivity contribution in [1.82, 2.24) is 10.3 Å². The molecule has 86 valence electrons. The normalized spacial score (nSPS) is 23.6. The van der Waals surface area contributed by atoms with Crippen LogP contribution < -0.4 is 11.1 Å². The molecule has 3 N–H and O–H groups in total. The van der Waals surface area contributed by atoms with E-state index in [1.165, 1.54) is 0 Å². The Kier molecular flexibility index (Phi) is 3.51. The summed E-state index contributed by atoms with van der Waals surface area (Å²) in [5, 5.41) is 2.92. The number of pyridine rings is 1. The van der Waals surface area contributed by atoms with E-state index in [9.17, 15) is 4.79 Å². The summed E-state index contributed by atoms with van der Waals surface area (Å²) in [7, 11) is 0. The molecule has 1 aliphatic carbocycles. The highest BCUT2D eigenvalue weighted by Crippen LogP contribution is 2.25. The summed E-state index contributed by atoms with van der Waals surface area (Å²) in [4.78, 5) is 15.8. The number of nitrogens with two attached hydrogens (primary N) is 1. The highest BCUT2D eigenvalue weighted by molar-refractivity contribution is 5.79. The predicted molar refractivity (Wildman–Crippen MR) is 61.7 cm³/mol. The molecule has 0 unspecified atom stereocenters. The number of rotatable bonds is 4. The summed E-state index contributed by atoms with van der Waals surface area (Å²) in [6.07, 6.45) is 4.21. The third kappa shape index (κ3) is 2.79. The predicted octanol–water partition coefficient (Wildman–Crippen LogP) is 0.478. The van der Waals surface area contributed by atoms with E-state index < -0.39 is 0 Å². The number of nitrogens with zero attached hydrogens (tertiary/aromatic N) is 1. The van der Waals surface area contributed by atoms with E-state index in [-0.39, 0.29) is 17.9 Å². The van der Waals surface area contributed by atoms with Gasteiger partial charge in [0, 0.05) is 36.8 Å². The van der Waals surface area contributed by atoms with Crippen LogP contribution in [0.1, 0.15) is 18.5 Å². The first-order chi connectivity index (χ1) is 7.75. The van der Waals surface area contributed by atoms with Gasteiger partial charge in [0.25, 0.3) is 0 Å². The van der Waals surface area contributed by atoms with Gasteiger partial charge in [-0.05, 0) is 25.0 Å². The molecule has 0 bridgehead atoms. The fourth-order valence-corrected chi connectivity index (χ4v) is 1.88. The molecule has 4 heteroatoms. The van der Waals surface area contributed by atoms with Gasteiger partial charge in [-0.2, -0.15) is 0 Å². The molecule has 1 aromatic heterocycles. The molecule has 1 fully saturated rings. The molecule has 1 saturated carbocycles. The van der Waals surface area contributed by atoms with Crippen LogP contribution in [-0.2, 0) is 11.2 Å². The second-order valence-electron chi connectivity index (χ2n) is 4.29. The maximum Gasteiger partial charge on any atom is 0.223 e. The number of carbonyl (C=O) groups excluding carboxylic acids is 1. The number of hydrogen-bond acceptors (Lipinski definition) is 3. The van der Waals surface area contributed by atoms with E-state index in [2.05, 4.69) is 10.3 Å². The van der Waals surface area contributed by atoms with E-state index in [0.29, 0.717) is 6.54 Å². The van der Waals surface area contributed by atoms with Gasteiger partial charge in [-0.25, -0.2) is 0 Å². The topological polar surface area (TPSA) is 68.0 Å². The van der Waals surface area contributed by atoms with Gasteiger partial charge in [-0.15, -0.1) is 0 Å². The molecule has 1 aromatic rings. The smallest absolute Gasteiger partial charge is 0.223 e. The van der Waals surface area contributed by atoms with E-state index >= 15 is 0 Å². The molecular weight excluding hydrogens is 202 g/mol. The van der Waals surface area contributed by atoms with E-state index in [1.807, 2.05) is 18.2 Å². The zero-order valence-corrected chi connectivity index (χ0v) is 9.23. The lowest BCUT2D eigenvalue weighted by atomic mass is 9.80. The molecule has 1 heterocycles. The minimum absolute atomic E-state index is 0.137. The molecule has 0 atom stereocenters. The van der Waals surface area contributed by atoms with Crippen LogP contribution in [0.15, 0.2) is 24.4 Å². The number of nitrogens with one attached hydrogen (secondary N) is 1. The number of aromatic nitrogens is 1. The maximum absolute atomic E-state index is 11.6. The Bertz CT molecular complexity index is 347. The van der Waals surface area contributed by atoms with Gasteiger partial charge in [0.1, 0.15) is 0 Å². The van der Waals surface area contributed by atoms with Crippen LogP contribution in [0.25, 0.3) is 0 Å². The van der Waals surface area contributed by atoms with Crippen molar-refractivity contribution < 1.29 is 4.79 Å². The quantitative estimate of drug-likeness (QED) is 0.774. The Labute approximate surface area is 95.3 Å². The van der Waals surface area contributed by atoms with Crippen molar-refractivity contribution in [3.63, 3.8) is 0 Å². The number of carbonyl (C=O) groups is 1. The lowest BCUT2D eigenvalue weighted by molar-refractivity contribution is -0.127. The number of hydrogen-bond donors (Lipinski definition) is 2. The molecular formula is C12H17N3O. The Balaban J connectivity index is 1.67. The molecule has 0 aromatic carbocycles. The van der Waals surface area contributed by atoms with E-state index in [4.69, 9.17) is 5.73 Å². The first-order valence-corrected chi connectivity index (χ1v) is 5.69. The summed E-state index contributed by atoms with van der Waals surface area (Å²) in [6.45, 7) is 0.654. The third-order valence-electron chi connectivity index (χ3n) is 2.95. The minimum Gasteiger partial charge on any atom is -0.355 e. The molecule has 2 rings (SSSR count). The molecule has 0 saturated heterocycles. The first-order valence-electron chi connectivity index (χ1n) is 5.69. The highest BCUT2D eigenvalue weighted by atomic mass is 16.1. The summed E-state index contributed by atoms with van der Waals surface area (Å²) >= 11 is 0. The summed E-state index contributed by atoms with van der Waals surface area (Å²) in [5.41, 5.74) is 6.64. The van der Waals surface area contributed by atoms with Crippen molar-refractivity contribution in [2.45, 2.75) is 25.3 Å². The largest absolute Gasteiger partial charge is 0.355 e. The van der Waals surface area contributed by atoms with Gasteiger partial charge in [0.2, 0.25) is 5.91 Å². The fourth-order valence-electron chi connectivity index (χ4n) is 1.88. The van der Waals surface area contributed by atoms with Crippen molar-refractivity contribution in [3.05, 3.63) is 30.1 Å². The van der Waals surface area contributed by atoms with Crippen LogP contribution in [0.5, 0.6) is 0 Å². The maximum atomic E-state index is 11.6. The van der Waals surface area contributed by atoms with Crippen molar-refractivity contribution in [1.29, 1.82) is 0 Å². The molecule has 0 spiro atoms. The molecule has 0 radical (unpaired) electrons. The molecule has 4 nitrogen and oxygen atoms in total. The fraction of sp³-hybridized carbons (Fsp3) is 0.500. The Morgan fingerprint density at radius 3 is 2.94 bits per heavy atom. The van der Waals surface area contributed by atoms with Gasteiger partial charge in [0.15, 0.2) is 0 Å². The lowest BCUT2D eigenvalue weighted by Crippen LogP contribution is -2.45. The zero-order valence-electron chi connectivity index (χ0n) is 9.23. The Morgan fingerprint density at radius 1 is 1.50 bits per heavy atom. The Hall–Kier alpha value is -1.42. The van der Waals surface area contributed by atoms with Crippen LogP contribution >= 0.6 is 0 Å². The standard InChI is InChI=1S/C12H17N3O/c13-10-7-9(8-10)12(16)15-6-4-11-3-1-2-5-14-11/h1-3,5,9-10H,4,6-8,13H2,(H,15,16). The molecule has 1 amide bonds. The van der Waals surface area contributed by atoms with E-state index in [1.54, 1.807) is 6.20 Å². The lowest BCUT2D eigenvalue weighted by Gasteiger charge is -2.31. The van der Waals surface area contributed by atoms with Crippen molar-refractivity contribution >= 4 is 5.91 Å². The van der Waals surface area contributed by atoms with Gasteiger partial charge < -0.3 is 11.1 Å². The van der Waals surface area contributed by atoms with Gasteiger partial charge in [-0.3, -0.25) is 9.78 Å². The monoisotopic (exact) mass is 219 g/mol. The van der Waals surface area contributed by atoms with Gasteiger partial charge in [0.05, 0.1) is 0 Å². The molecule has 0 aliphatic heterocycles. The van der Waals surface area contributed by atoms with Crippen molar-refractivity contribution in [2.24, 2.45) is 11.7 Å². The average Bonchev–Trinajstić information content (AvgIpc) is 2.26. The highest BCUT2D eigenvalue weighted by Gasteiger charge is 2.31. The molecule has 16 heavy (non-hydrogen) atoms. The van der Waals surface area contributed by atoms with Crippen molar-refractivity contribution in [2.75, 3.05) is 6.54 Å². The van der Waals surface area contributed by atoms with E-state index in [0.717, 1.165) is 25.0 Å². The van der Waals surface area contributed by atoms with Crippen LogP contribution in [0.4, 0.5) is 0 Å². The second-order valence-corrected chi connectivity index (χ2v) is 4.29. The first kappa shape index (κ1) is 11.1. The van der Waals surface area contributed by atoms with Crippen LogP contribution in [0.2, 0.25) is 0 Å². The van der Waals surface area contributed by atoms with Gasteiger partial charge in [-0.1, -0.05) is 6.07 Å². The zero-order chi connectivity index (χ0) is 11.4. The SMILES string of the molecule is NC1CC(C(=O)NCCc2ccccn2)C1. The summed E-state index contributed by atoms with van der Waals surface area (Å²) < 4.78 is 0. The summed E-state index contributed by atoms with van der Waals surface area (Å²) in [6, 6.07) is 6.03. The Morgan fingerprint density at radius 2 is 2.31 bits per heavy atom. The van der Waals surface area contributed by atoms with Crippen LogP contribution in [0, 0.1) is 5.92 Å². The number of amides is 1. The van der Waals surface area contributed by atoms with Crippen molar-refractivity contribution in [3.8, 4) is 0 Å². The second kappa shape index (κ2) is 5.07. The van der Waals surface area contributed by atoms with Crippen LogP contribution in [-0.4, -0.2) is 23.5 Å².